The maximum Gasteiger partial charge on any atom is 0.261 e. The molecule has 0 aliphatic rings. The molecule has 0 aliphatic heterocycles. The van der Waals surface area contributed by atoms with Gasteiger partial charge >= 0.3 is 0 Å². The van der Waals surface area contributed by atoms with Crippen LogP contribution in [0.1, 0.15) is 11.1 Å². The molecule has 0 radical (unpaired) electrons. The van der Waals surface area contributed by atoms with Crippen molar-refractivity contribution >= 4 is 33.0 Å². The highest BCUT2D eigenvalue weighted by Crippen LogP contribution is 2.28. The van der Waals surface area contributed by atoms with Crippen LogP contribution in [-0.2, 0) is 10.0 Å². The topological polar surface area (TPSA) is 63.5 Å². The fourth-order valence-corrected chi connectivity index (χ4v) is 4.25. The SMILES string of the molecule is Cc1ccc(-c2cn3cccc(C)c3n2)cc1NS(=O)(=O)c1ccc(Cl)cc1. The van der Waals surface area contributed by atoms with Gasteiger partial charge in [-0.1, -0.05) is 29.8 Å². The van der Waals surface area contributed by atoms with Crippen LogP contribution in [0.25, 0.3) is 16.9 Å². The third kappa shape index (κ3) is 3.48. The standard InChI is InChI=1S/C21H18ClN3O2S/c1-14-5-6-16(20-13-25-11-3-4-15(2)21(25)23-20)12-19(14)24-28(26,27)18-9-7-17(22)8-10-18/h3-13,24H,1-2H3. The normalized spacial score (nSPS) is 11.7. The summed E-state index contributed by atoms with van der Waals surface area (Å²) in [5.41, 5.74) is 4.90. The predicted molar refractivity (Wildman–Crippen MR) is 112 cm³/mol. The lowest BCUT2D eigenvalue weighted by molar-refractivity contribution is 0.601. The molecule has 0 saturated carbocycles. The molecule has 4 aromatic rings. The first-order valence-electron chi connectivity index (χ1n) is 8.67. The number of rotatable bonds is 4. The maximum atomic E-state index is 12.7. The first-order chi connectivity index (χ1) is 13.3. The van der Waals surface area contributed by atoms with E-state index in [2.05, 4.69) is 9.71 Å². The van der Waals surface area contributed by atoms with Crippen molar-refractivity contribution in [2.45, 2.75) is 18.7 Å². The highest BCUT2D eigenvalue weighted by molar-refractivity contribution is 7.92. The molecule has 0 bridgehead atoms. The van der Waals surface area contributed by atoms with E-state index in [9.17, 15) is 8.42 Å². The smallest absolute Gasteiger partial charge is 0.261 e. The first kappa shape index (κ1) is 18.5. The third-order valence-electron chi connectivity index (χ3n) is 4.58. The number of aromatic nitrogens is 2. The molecule has 142 valence electrons. The summed E-state index contributed by atoms with van der Waals surface area (Å²) in [5, 5.41) is 0.485. The number of sulfonamides is 1. The third-order valence-corrected chi connectivity index (χ3v) is 6.21. The Morgan fingerprint density at radius 2 is 1.75 bits per heavy atom. The predicted octanol–water partition coefficient (Wildman–Crippen LogP) is 5.07. The van der Waals surface area contributed by atoms with Crippen LogP contribution in [0.15, 0.2) is 71.9 Å². The number of fused-ring (bicyclic) bond motifs is 1. The van der Waals surface area contributed by atoms with Crippen LogP contribution >= 0.6 is 11.6 Å². The van der Waals surface area contributed by atoms with E-state index in [0.717, 1.165) is 28.0 Å². The maximum absolute atomic E-state index is 12.7. The van der Waals surface area contributed by atoms with E-state index >= 15 is 0 Å². The van der Waals surface area contributed by atoms with Crippen molar-refractivity contribution in [1.82, 2.24) is 9.38 Å². The Balaban J connectivity index is 1.72. The van der Waals surface area contributed by atoms with Gasteiger partial charge in [0, 0.05) is 23.0 Å². The summed E-state index contributed by atoms with van der Waals surface area (Å²) in [6, 6.07) is 15.7. The van der Waals surface area contributed by atoms with Crippen LogP contribution in [0.4, 0.5) is 5.69 Å². The van der Waals surface area contributed by atoms with Crippen molar-refractivity contribution < 1.29 is 8.42 Å². The van der Waals surface area contributed by atoms with E-state index in [1.54, 1.807) is 18.2 Å². The quantitative estimate of drug-likeness (QED) is 0.509. The Labute approximate surface area is 168 Å². The molecular weight excluding hydrogens is 394 g/mol. The minimum atomic E-state index is -3.72. The number of nitrogens with one attached hydrogen (secondary N) is 1. The molecule has 4 rings (SSSR count). The molecule has 2 aromatic carbocycles. The molecule has 2 aromatic heterocycles. The number of hydrogen-bond donors (Lipinski definition) is 1. The number of imidazole rings is 1. The summed E-state index contributed by atoms with van der Waals surface area (Å²) < 4.78 is 30.1. The molecule has 0 saturated heterocycles. The number of anilines is 1. The molecule has 28 heavy (non-hydrogen) atoms. The van der Waals surface area contributed by atoms with Gasteiger partial charge in [-0.05, 0) is 61.4 Å². The van der Waals surface area contributed by atoms with Gasteiger partial charge in [-0.2, -0.15) is 0 Å². The van der Waals surface area contributed by atoms with Crippen LogP contribution in [0.3, 0.4) is 0 Å². The Bertz CT molecular complexity index is 1280. The van der Waals surface area contributed by atoms with Gasteiger partial charge in [0.1, 0.15) is 5.65 Å². The Morgan fingerprint density at radius 3 is 2.46 bits per heavy atom. The van der Waals surface area contributed by atoms with Crippen LogP contribution in [-0.4, -0.2) is 17.8 Å². The lowest BCUT2D eigenvalue weighted by Crippen LogP contribution is -2.13. The van der Waals surface area contributed by atoms with Gasteiger partial charge in [-0.25, -0.2) is 13.4 Å². The Morgan fingerprint density at radius 1 is 1.00 bits per heavy atom. The van der Waals surface area contributed by atoms with Gasteiger partial charge < -0.3 is 4.40 Å². The molecule has 0 aliphatic carbocycles. The first-order valence-corrected chi connectivity index (χ1v) is 10.5. The van der Waals surface area contributed by atoms with Gasteiger partial charge in [0.05, 0.1) is 16.3 Å². The average Bonchev–Trinajstić information content (AvgIpc) is 3.09. The Kier molecular flexibility index (Phi) is 4.61. The molecule has 0 spiro atoms. The Hall–Kier alpha value is -2.83. The largest absolute Gasteiger partial charge is 0.306 e. The van der Waals surface area contributed by atoms with Crippen molar-refractivity contribution in [3.05, 3.63) is 83.1 Å². The molecule has 0 fully saturated rings. The summed E-state index contributed by atoms with van der Waals surface area (Å²) in [6.07, 6.45) is 3.88. The average molecular weight is 412 g/mol. The van der Waals surface area contributed by atoms with E-state index in [4.69, 9.17) is 11.6 Å². The van der Waals surface area contributed by atoms with Crippen LogP contribution < -0.4 is 4.72 Å². The van der Waals surface area contributed by atoms with Crippen LogP contribution in [0, 0.1) is 13.8 Å². The van der Waals surface area contributed by atoms with Crippen molar-refractivity contribution in [1.29, 1.82) is 0 Å². The number of halogens is 1. The minimum absolute atomic E-state index is 0.157. The highest BCUT2D eigenvalue weighted by Gasteiger charge is 2.16. The summed E-state index contributed by atoms with van der Waals surface area (Å²) >= 11 is 5.86. The second-order valence-corrected chi connectivity index (χ2v) is 8.76. The molecule has 5 nitrogen and oxygen atoms in total. The highest BCUT2D eigenvalue weighted by atomic mass is 35.5. The molecule has 0 atom stereocenters. The van der Waals surface area contributed by atoms with E-state index in [1.807, 2.05) is 54.9 Å². The van der Waals surface area contributed by atoms with Crippen LogP contribution in [0.5, 0.6) is 0 Å². The van der Waals surface area contributed by atoms with E-state index in [1.165, 1.54) is 12.1 Å². The van der Waals surface area contributed by atoms with Gasteiger partial charge in [-0.3, -0.25) is 4.72 Å². The molecule has 1 N–H and O–H groups in total. The van der Waals surface area contributed by atoms with E-state index in [0.29, 0.717) is 10.7 Å². The molecule has 7 heteroatoms. The zero-order valence-electron chi connectivity index (χ0n) is 15.3. The lowest BCUT2D eigenvalue weighted by atomic mass is 10.1. The van der Waals surface area contributed by atoms with Crippen molar-refractivity contribution in [3.63, 3.8) is 0 Å². The molecule has 2 heterocycles. The number of hydrogen-bond acceptors (Lipinski definition) is 3. The number of nitrogens with zero attached hydrogens (tertiary/aromatic N) is 2. The van der Waals surface area contributed by atoms with Crippen LogP contribution in [0.2, 0.25) is 5.02 Å². The number of benzene rings is 2. The minimum Gasteiger partial charge on any atom is -0.306 e. The van der Waals surface area contributed by atoms with E-state index < -0.39 is 10.0 Å². The lowest BCUT2D eigenvalue weighted by Gasteiger charge is -2.12. The molecular formula is C21H18ClN3O2S. The summed E-state index contributed by atoms with van der Waals surface area (Å²) in [5.74, 6) is 0. The molecule has 0 amide bonds. The van der Waals surface area contributed by atoms with E-state index in [-0.39, 0.29) is 4.90 Å². The fraction of sp³-hybridized carbons (Fsp3) is 0.0952. The van der Waals surface area contributed by atoms with Crippen molar-refractivity contribution in [3.8, 4) is 11.3 Å². The van der Waals surface area contributed by atoms with Gasteiger partial charge in [0.15, 0.2) is 0 Å². The molecule has 0 unspecified atom stereocenters. The van der Waals surface area contributed by atoms with Crippen molar-refractivity contribution in [2.24, 2.45) is 0 Å². The zero-order chi connectivity index (χ0) is 19.9. The summed E-state index contributed by atoms with van der Waals surface area (Å²) in [4.78, 5) is 4.85. The van der Waals surface area contributed by atoms with Gasteiger partial charge in [0.2, 0.25) is 0 Å². The second-order valence-electron chi connectivity index (χ2n) is 6.64. The van der Waals surface area contributed by atoms with Gasteiger partial charge in [0.25, 0.3) is 10.0 Å². The van der Waals surface area contributed by atoms with Crippen molar-refractivity contribution in [2.75, 3.05) is 4.72 Å². The van der Waals surface area contributed by atoms with Gasteiger partial charge in [-0.15, -0.1) is 0 Å². The number of pyridine rings is 1. The zero-order valence-corrected chi connectivity index (χ0v) is 16.9. The number of aryl methyl sites for hydroxylation is 2. The summed E-state index contributed by atoms with van der Waals surface area (Å²) in [7, 11) is -3.72. The summed E-state index contributed by atoms with van der Waals surface area (Å²) in [6.45, 7) is 3.87. The fourth-order valence-electron chi connectivity index (χ4n) is 3.00. The second kappa shape index (κ2) is 6.96. The monoisotopic (exact) mass is 411 g/mol.